The summed E-state index contributed by atoms with van der Waals surface area (Å²) >= 11 is 2.84. The number of nitrogens with zero attached hydrogens (tertiary/aromatic N) is 3. The van der Waals surface area contributed by atoms with Gasteiger partial charge in [0, 0.05) is 34.8 Å². The fourth-order valence-corrected chi connectivity index (χ4v) is 6.55. The minimum Gasteiger partial charge on any atom is -0.497 e. The van der Waals surface area contributed by atoms with Crippen LogP contribution in [0.5, 0.6) is 5.75 Å². The Hall–Kier alpha value is -3.58. The van der Waals surface area contributed by atoms with Gasteiger partial charge in [-0.3, -0.25) is 9.78 Å². The molecule has 1 amide bonds. The van der Waals surface area contributed by atoms with Crippen molar-refractivity contribution in [3.05, 3.63) is 93.5 Å². The summed E-state index contributed by atoms with van der Waals surface area (Å²) in [4.78, 5) is 25.1. The van der Waals surface area contributed by atoms with Gasteiger partial charge in [0.05, 0.1) is 41.5 Å². The third kappa shape index (κ3) is 6.71. The summed E-state index contributed by atoms with van der Waals surface area (Å²) in [6, 6.07) is 12.9. The fraction of sp³-hybridized carbons (Fsp3) is 0.222. The van der Waals surface area contributed by atoms with Gasteiger partial charge in [0.2, 0.25) is 15.9 Å². The van der Waals surface area contributed by atoms with Gasteiger partial charge in [-0.15, -0.1) is 22.7 Å². The molecule has 39 heavy (non-hydrogen) atoms. The van der Waals surface area contributed by atoms with E-state index in [2.05, 4.69) is 14.7 Å². The van der Waals surface area contributed by atoms with Crippen molar-refractivity contribution >= 4 is 49.6 Å². The maximum Gasteiger partial charge on any atom is 0.241 e. The highest BCUT2D eigenvalue weighted by Gasteiger charge is 2.30. The molecule has 0 bridgehead atoms. The molecule has 0 aliphatic carbocycles. The molecule has 1 N–H and O–H groups in total. The number of furan rings is 1. The average Bonchev–Trinajstić information content (AvgIpc) is 3.73. The van der Waals surface area contributed by atoms with Crippen LogP contribution in [0, 0.1) is 0 Å². The lowest BCUT2D eigenvalue weighted by Gasteiger charge is -2.27. The number of rotatable bonds is 12. The standard InChI is InChI=1S/C27H26N4O5S3/c1-35-22-4-2-19(3-5-22)8-10-31(15-23-14-28-17-38-23)27(32)25(13-21-16-37-18-29-21)30-39(33,34)24-6-7-26-20(12-24)9-11-36-26/h2-7,9,11-12,14,16-18,25,30H,8,10,13,15H2,1H3/t25-/m0/s1. The van der Waals surface area contributed by atoms with Gasteiger partial charge >= 0.3 is 0 Å². The number of nitrogens with one attached hydrogen (secondary N) is 1. The average molecular weight is 583 g/mol. The minimum absolute atomic E-state index is 0.0553. The van der Waals surface area contributed by atoms with Crippen LogP contribution in [0.4, 0.5) is 0 Å². The van der Waals surface area contributed by atoms with Crippen LogP contribution in [0.1, 0.15) is 16.1 Å². The second-order valence-electron chi connectivity index (χ2n) is 8.80. The second kappa shape index (κ2) is 12.1. The maximum absolute atomic E-state index is 14.0. The van der Waals surface area contributed by atoms with Crippen LogP contribution < -0.4 is 9.46 Å². The van der Waals surface area contributed by atoms with Crippen molar-refractivity contribution in [1.82, 2.24) is 19.6 Å². The number of methoxy groups -OCH3 is 1. The summed E-state index contributed by atoms with van der Waals surface area (Å²) in [5, 5.41) is 2.48. The van der Waals surface area contributed by atoms with E-state index >= 15 is 0 Å². The Morgan fingerprint density at radius 3 is 2.72 bits per heavy atom. The molecule has 0 fully saturated rings. The number of fused-ring (bicyclic) bond motifs is 1. The Bertz CT molecular complexity index is 1620. The van der Waals surface area contributed by atoms with E-state index in [9.17, 15) is 13.2 Å². The molecule has 0 radical (unpaired) electrons. The highest BCUT2D eigenvalue weighted by Crippen LogP contribution is 2.22. The number of benzene rings is 2. The van der Waals surface area contributed by atoms with Crippen molar-refractivity contribution in [3.8, 4) is 5.75 Å². The fourth-order valence-electron chi connectivity index (χ4n) is 4.15. The van der Waals surface area contributed by atoms with E-state index < -0.39 is 16.1 Å². The van der Waals surface area contributed by atoms with Gasteiger partial charge in [-0.25, -0.2) is 13.4 Å². The van der Waals surface area contributed by atoms with Crippen molar-refractivity contribution in [2.24, 2.45) is 0 Å². The van der Waals surface area contributed by atoms with E-state index in [4.69, 9.17) is 9.15 Å². The first-order chi connectivity index (χ1) is 18.9. The van der Waals surface area contributed by atoms with E-state index in [0.29, 0.717) is 36.2 Å². The normalized spacial score (nSPS) is 12.4. The van der Waals surface area contributed by atoms with Crippen LogP contribution in [0.3, 0.4) is 0 Å². The molecule has 0 aliphatic heterocycles. The van der Waals surface area contributed by atoms with Gasteiger partial charge in [0.15, 0.2) is 0 Å². The zero-order chi connectivity index (χ0) is 27.2. The summed E-state index contributed by atoms with van der Waals surface area (Å²) < 4.78 is 40.2. The molecule has 0 aliphatic rings. The van der Waals surface area contributed by atoms with Gasteiger partial charge in [-0.2, -0.15) is 4.72 Å². The van der Waals surface area contributed by atoms with Gasteiger partial charge in [-0.05, 0) is 48.4 Å². The first-order valence-corrected chi connectivity index (χ1v) is 15.4. The Kier molecular flexibility index (Phi) is 8.36. The molecule has 0 saturated carbocycles. The molecule has 0 saturated heterocycles. The first-order valence-electron chi connectivity index (χ1n) is 12.1. The van der Waals surface area contributed by atoms with Gasteiger partial charge in [-0.1, -0.05) is 12.1 Å². The number of hydrogen-bond donors (Lipinski definition) is 1. The number of ether oxygens (including phenoxy) is 1. The van der Waals surface area contributed by atoms with Gasteiger partial charge in [0.1, 0.15) is 17.4 Å². The van der Waals surface area contributed by atoms with Crippen molar-refractivity contribution in [1.29, 1.82) is 0 Å². The largest absolute Gasteiger partial charge is 0.497 e. The summed E-state index contributed by atoms with van der Waals surface area (Å²) in [5.41, 5.74) is 5.63. The molecule has 2 aromatic carbocycles. The van der Waals surface area contributed by atoms with Crippen molar-refractivity contribution in [2.75, 3.05) is 13.7 Å². The highest BCUT2D eigenvalue weighted by atomic mass is 32.2. The smallest absolute Gasteiger partial charge is 0.241 e. The number of aromatic nitrogens is 2. The van der Waals surface area contributed by atoms with E-state index in [1.165, 1.54) is 41.1 Å². The molecule has 3 aromatic heterocycles. The summed E-state index contributed by atoms with van der Waals surface area (Å²) in [6.07, 6.45) is 3.93. The molecular weight excluding hydrogens is 557 g/mol. The number of sulfonamides is 1. The zero-order valence-corrected chi connectivity index (χ0v) is 23.5. The number of carbonyl (C=O) groups is 1. The Balaban J connectivity index is 1.41. The predicted molar refractivity (Wildman–Crippen MR) is 150 cm³/mol. The van der Waals surface area contributed by atoms with Gasteiger partial charge < -0.3 is 14.1 Å². The van der Waals surface area contributed by atoms with E-state index in [1.807, 2.05) is 29.6 Å². The van der Waals surface area contributed by atoms with Gasteiger partial charge in [0.25, 0.3) is 0 Å². The first kappa shape index (κ1) is 27.0. The predicted octanol–water partition coefficient (Wildman–Crippen LogP) is 4.52. The van der Waals surface area contributed by atoms with Crippen LogP contribution in [-0.2, 0) is 34.2 Å². The molecule has 0 unspecified atom stereocenters. The lowest BCUT2D eigenvalue weighted by atomic mass is 10.1. The molecule has 0 spiro atoms. The summed E-state index contributed by atoms with van der Waals surface area (Å²) in [7, 11) is -2.42. The number of amides is 1. The van der Waals surface area contributed by atoms with E-state index in [0.717, 1.165) is 16.2 Å². The SMILES string of the molecule is COc1ccc(CCN(Cc2cncs2)C(=O)[C@H](Cc2cscn2)NS(=O)(=O)c2ccc3occc3c2)cc1. The molecule has 202 valence electrons. The number of carbonyl (C=O) groups excluding carboxylic acids is 1. The zero-order valence-electron chi connectivity index (χ0n) is 21.0. The quantitative estimate of drug-likeness (QED) is 0.230. The molecule has 12 heteroatoms. The Morgan fingerprint density at radius 2 is 2.00 bits per heavy atom. The van der Waals surface area contributed by atoms with Crippen LogP contribution in [0.2, 0.25) is 0 Å². The van der Waals surface area contributed by atoms with E-state index in [1.54, 1.807) is 41.4 Å². The molecular formula is C27H26N4O5S3. The van der Waals surface area contributed by atoms with Crippen LogP contribution in [0.25, 0.3) is 11.0 Å². The Morgan fingerprint density at radius 1 is 1.15 bits per heavy atom. The Labute approximate surface area is 234 Å². The van der Waals surface area contributed by atoms with E-state index in [-0.39, 0.29) is 17.2 Å². The highest BCUT2D eigenvalue weighted by molar-refractivity contribution is 7.89. The molecule has 9 nitrogen and oxygen atoms in total. The molecule has 5 rings (SSSR count). The lowest BCUT2D eigenvalue weighted by molar-refractivity contribution is -0.133. The number of hydrogen-bond acceptors (Lipinski definition) is 9. The minimum atomic E-state index is -4.03. The molecule has 3 heterocycles. The topological polar surface area (TPSA) is 115 Å². The third-order valence-corrected chi connectivity index (χ3v) is 9.07. The number of thiazole rings is 2. The third-order valence-electron chi connectivity index (χ3n) is 6.20. The summed E-state index contributed by atoms with van der Waals surface area (Å²) in [5.74, 6) is 0.417. The maximum atomic E-state index is 14.0. The lowest BCUT2D eigenvalue weighted by Crippen LogP contribution is -2.50. The van der Waals surface area contributed by atoms with Crippen LogP contribution >= 0.6 is 22.7 Å². The van der Waals surface area contributed by atoms with Crippen molar-refractivity contribution < 1.29 is 22.4 Å². The summed E-state index contributed by atoms with van der Waals surface area (Å²) in [6.45, 7) is 0.704. The molecule has 5 aromatic rings. The molecule has 1 atom stereocenters. The van der Waals surface area contributed by atoms with Crippen LogP contribution in [-0.4, -0.2) is 48.9 Å². The second-order valence-corrected chi connectivity index (χ2v) is 12.2. The van der Waals surface area contributed by atoms with Crippen LogP contribution in [0.15, 0.2) is 86.7 Å². The monoisotopic (exact) mass is 582 g/mol. The van der Waals surface area contributed by atoms with Crippen molar-refractivity contribution in [2.45, 2.75) is 30.3 Å². The van der Waals surface area contributed by atoms with Crippen molar-refractivity contribution in [3.63, 3.8) is 0 Å².